The van der Waals surface area contributed by atoms with E-state index in [0.29, 0.717) is 36.1 Å². The fourth-order valence-corrected chi connectivity index (χ4v) is 3.88. The molecule has 7 nitrogen and oxygen atoms in total. The highest BCUT2D eigenvalue weighted by Crippen LogP contribution is 2.27. The van der Waals surface area contributed by atoms with Gasteiger partial charge in [-0.1, -0.05) is 25.1 Å². The molecule has 0 bridgehead atoms. The zero-order valence-corrected chi connectivity index (χ0v) is 18.0. The first-order valence-corrected chi connectivity index (χ1v) is 10.6. The van der Waals surface area contributed by atoms with Crippen molar-refractivity contribution >= 4 is 11.6 Å². The third-order valence-corrected chi connectivity index (χ3v) is 6.09. The van der Waals surface area contributed by atoms with Crippen LogP contribution in [0.1, 0.15) is 41.4 Å². The minimum Gasteiger partial charge on any atom is -0.337 e. The van der Waals surface area contributed by atoms with Crippen LogP contribution in [0.2, 0.25) is 0 Å². The maximum atomic E-state index is 13.4. The van der Waals surface area contributed by atoms with Gasteiger partial charge in [0.1, 0.15) is 5.69 Å². The van der Waals surface area contributed by atoms with Gasteiger partial charge in [0.05, 0.1) is 16.3 Å². The summed E-state index contributed by atoms with van der Waals surface area (Å²) in [6, 6.07) is 14.1. The number of carbonyl (C=O) groups is 1. The fraction of sp³-hybridized carbons (Fsp3) is 0.333. The molecule has 0 radical (unpaired) electrons. The lowest BCUT2D eigenvalue weighted by molar-refractivity contribution is -0.384. The summed E-state index contributed by atoms with van der Waals surface area (Å²) < 4.78 is 1.54. The van der Waals surface area contributed by atoms with Gasteiger partial charge in [0.2, 0.25) is 0 Å². The maximum absolute atomic E-state index is 13.4. The molecule has 31 heavy (non-hydrogen) atoms. The van der Waals surface area contributed by atoms with Crippen molar-refractivity contribution in [1.29, 1.82) is 0 Å². The van der Waals surface area contributed by atoms with Gasteiger partial charge in [-0.15, -0.1) is 0 Å². The molecule has 0 saturated carbocycles. The average Bonchev–Trinajstić information content (AvgIpc) is 3.21. The highest BCUT2D eigenvalue weighted by molar-refractivity contribution is 5.94. The van der Waals surface area contributed by atoms with Gasteiger partial charge in [0.25, 0.3) is 11.6 Å². The van der Waals surface area contributed by atoms with E-state index in [1.807, 2.05) is 36.9 Å². The van der Waals surface area contributed by atoms with Gasteiger partial charge >= 0.3 is 0 Å². The van der Waals surface area contributed by atoms with Gasteiger partial charge in [-0.3, -0.25) is 14.9 Å². The van der Waals surface area contributed by atoms with Crippen LogP contribution in [0.25, 0.3) is 16.9 Å². The van der Waals surface area contributed by atoms with E-state index in [-0.39, 0.29) is 11.6 Å². The zero-order valence-electron chi connectivity index (χ0n) is 18.0. The monoisotopic (exact) mass is 418 g/mol. The van der Waals surface area contributed by atoms with E-state index in [1.54, 1.807) is 18.2 Å². The summed E-state index contributed by atoms with van der Waals surface area (Å²) >= 11 is 0. The molecule has 0 unspecified atom stereocenters. The number of piperidine rings is 1. The van der Waals surface area contributed by atoms with Crippen molar-refractivity contribution in [2.24, 2.45) is 5.92 Å². The van der Waals surface area contributed by atoms with E-state index in [9.17, 15) is 14.9 Å². The van der Waals surface area contributed by atoms with Gasteiger partial charge in [-0.2, -0.15) is 5.10 Å². The van der Waals surface area contributed by atoms with E-state index in [2.05, 4.69) is 6.92 Å². The smallest absolute Gasteiger partial charge is 0.272 e. The molecule has 1 amide bonds. The number of aromatic nitrogens is 2. The molecule has 2 heterocycles. The van der Waals surface area contributed by atoms with E-state index < -0.39 is 4.92 Å². The van der Waals surface area contributed by atoms with Crippen LogP contribution in [-0.2, 0) is 0 Å². The highest BCUT2D eigenvalue weighted by Gasteiger charge is 2.26. The molecule has 3 aromatic rings. The minimum absolute atomic E-state index is 0.0362. The van der Waals surface area contributed by atoms with Gasteiger partial charge in [-0.05, 0) is 61.9 Å². The normalized spacial score (nSPS) is 14.6. The van der Waals surface area contributed by atoms with Crippen molar-refractivity contribution < 1.29 is 9.72 Å². The highest BCUT2D eigenvalue weighted by atomic mass is 16.6. The number of nitro benzene ring substituents is 1. The zero-order chi connectivity index (χ0) is 22.1. The fourth-order valence-electron chi connectivity index (χ4n) is 3.88. The predicted octanol–water partition coefficient (Wildman–Crippen LogP) is 4.94. The molecule has 1 aliphatic heterocycles. The molecular weight excluding hydrogens is 392 g/mol. The Balaban J connectivity index is 1.80. The maximum Gasteiger partial charge on any atom is 0.272 e. The third-order valence-electron chi connectivity index (χ3n) is 6.09. The van der Waals surface area contributed by atoms with E-state index in [4.69, 9.17) is 5.10 Å². The molecule has 1 aromatic heterocycles. The molecule has 1 aliphatic rings. The second-order valence-electron chi connectivity index (χ2n) is 8.38. The second kappa shape index (κ2) is 8.34. The number of rotatable bonds is 4. The van der Waals surface area contributed by atoms with Crippen molar-refractivity contribution in [3.63, 3.8) is 0 Å². The number of aryl methyl sites for hydroxylation is 2. The first kappa shape index (κ1) is 20.8. The van der Waals surface area contributed by atoms with Crippen LogP contribution in [0.5, 0.6) is 0 Å². The van der Waals surface area contributed by atoms with Crippen molar-refractivity contribution in [1.82, 2.24) is 14.7 Å². The lowest BCUT2D eigenvalue weighted by Gasteiger charge is -2.30. The number of benzene rings is 2. The van der Waals surface area contributed by atoms with Crippen LogP contribution in [0.15, 0.2) is 48.5 Å². The number of likely N-dealkylation sites (tertiary alicyclic amines) is 1. The summed E-state index contributed by atoms with van der Waals surface area (Å²) in [5.74, 6) is 0.512. The van der Waals surface area contributed by atoms with Crippen molar-refractivity contribution in [2.75, 3.05) is 13.1 Å². The summed E-state index contributed by atoms with van der Waals surface area (Å²) in [6.07, 6.45) is 1.95. The quantitative estimate of drug-likeness (QED) is 0.444. The first-order valence-electron chi connectivity index (χ1n) is 10.6. The van der Waals surface area contributed by atoms with Crippen LogP contribution in [-0.4, -0.2) is 38.6 Å². The van der Waals surface area contributed by atoms with Crippen LogP contribution in [0.3, 0.4) is 0 Å². The predicted molar refractivity (Wildman–Crippen MR) is 119 cm³/mol. The Morgan fingerprint density at radius 1 is 1.06 bits per heavy atom. The third kappa shape index (κ3) is 4.21. The Labute approximate surface area is 181 Å². The Hall–Kier alpha value is -3.48. The van der Waals surface area contributed by atoms with Crippen LogP contribution in [0.4, 0.5) is 5.69 Å². The molecule has 0 atom stereocenters. The van der Waals surface area contributed by atoms with Crippen LogP contribution < -0.4 is 0 Å². The molecule has 7 heteroatoms. The molecule has 2 aromatic carbocycles. The average molecular weight is 418 g/mol. The summed E-state index contributed by atoms with van der Waals surface area (Å²) in [5.41, 5.74) is 4.78. The molecule has 4 rings (SSSR count). The minimum atomic E-state index is -0.440. The number of nitro groups is 1. The van der Waals surface area contributed by atoms with E-state index in [1.165, 1.54) is 22.4 Å². The van der Waals surface area contributed by atoms with Gasteiger partial charge < -0.3 is 4.90 Å². The number of carbonyl (C=O) groups excluding carboxylic acids is 1. The van der Waals surface area contributed by atoms with E-state index in [0.717, 1.165) is 24.0 Å². The lowest BCUT2D eigenvalue weighted by Crippen LogP contribution is -2.38. The number of hydrogen-bond donors (Lipinski definition) is 0. The number of non-ortho nitro benzene ring substituents is 1. The second-order valence-corrected chi connectivity index (χ2v) is 8.38. The number of hydrogen-bond acceptors (Lipinski definition) is 4. The molecule has 0 spiro atoms. The molecule has 160 valence electrons. The van der Waals surface area contributed by atoms with Gasteiger partial charge in [0, 0.05) is 30.8 Å². The first-order chi connectivity index (χ1) is 14.8. The van der Waals surface area contributed by atoms with Gasteiger partial charge in [0.15, 0.2) is 0 Å². The molecule has 1 fully saturated rings. The summed E-state index contributed by atoms with van der Waals surface area (Å²) in [6.45, 7) is 7.70. The molecule has 0 N–H and O–H groups in total. The van der Waals surface area contributed by atoms with Crippen molar-refractivity contribution in [3.05, 3.63) is 75.5 Å². The van der Waals surface area contributed by atoms with Gasteiger partial charge in [-0.25, -0.2) is 4.68 Å². The molecule has 1 saturated heterocycles. The summed E-state index contributed by atoms with van der Waals surface area (Å²) in [7, 11) is 0. The summed E-state index contributed by atoms with van der Waals surface area (Å²) in [5, 5.41) is 16.0. The van der Waals surface area contributed by atoms with Crippen molar-refractivity contribution in [3.8, 4) is 16.9 Å². The largest absolute Gasteiger partial charge is 0.337 e. The summed E-state index contributed by atoms with van der Waals surface area (Å²) in [4.78, 5) is 26.1. The Bertz CT molecular complexity index is 1140. The Morgan fingerprint density at radius 2 is 1.81 bits per heavy atom. The SMILES string of the molecule is Cc1ccc(-c2cc(C(=O)N3CCC(C)CC3)n(-c3cccc([N+](=O)[O-])c3)n2)cc1C. The Morgan fingerprint density at radius 3 is 2.48 bits per heavy atom. The molecule has 0 aliphatic carbocycles. The number of nitrogens with zero attached hydrogens (tertiary/aromatic N) is 4. The standard InChI is InChI=1S/C24H26N4O3/c1-16-9-11-26(12-10-16)24(29)23-15-22(19-8-7-17(2)18(3)13-19)25-27(23)20-5-4-6-21(14-20)28(30)31/h4-8,13-16H,9-12H2,1-3H3. The van der Waals surface area contributed by atoms with Crippen LogP contribution >= 0.6 is 0 Å². The Kier molecular flexibility index (Phi) is 5.59. The van der Waals surface area contributed by atoms with Crippen molar-refractivity contribution in [2.45, 2.75) is 33.6 Å². The number of amides is 1. The van der Waals surface area contributed by atoms with E-state index >= 15 is 0 Å². The molecular formula is C24H26N4O3. The van der Waals surface area contributed by atoms with Crippen LogP contribution in [0, 0.1) is 29.9 Å². The lowest BCUT2D eigenvalue weighted by atomic mass is 9.99. The topological polar surface area (TPSA) is 81.3 Å².